The van der Waals surface area contributed by atoms with E-state index in [1.807, 2.05) is 53.9 Å². The van der Waals surface area contributed by atoms with Gasteiger partial charge in [0, 0.05) is 34.5 Å². The molecule has 0 radical (unpaired) electrons. The number of hydrogen-bond donors (Lipinski definition) is 0. The third-order valence-corrected chi connectivity index (χ3v) is 3.91. The van der Waals surface area contributed by atoms with Gasteiger partial charge in [-0.05, 0) is 18.2 Å². The molecule has 0 unspecified atom stereocenters. The second-order valence-corrected chi connectivity index (χ2v) is 5.41. The number of carbonyl (C=O) groups is 1. The van der Waals surface area contributed by atoms with Crippen molar-refractivity contribution in [1.82, 2.24) is 4.98 Å². The van der Waals surface area contributed by atoms with Crippen LogP contribution in [0.25, 0.3) is 21.7 Å². The lowest BCUT2D eigenvalue weighted by atomic mass is 10.0. The first kappa shape index (κ1) is 13.5. The number of ether oxygens (including phenoxy) is 1. The summed E-state index contributed by atoms with van der Waals surface area (Å²) in [6.07, 6.45) is 1.78. The maximum Gasteiger partial charge on any atom is 0.308 e. The van der Waals surface area contributed by atoms with Gasteiger partial charge in [0.05, 0.1) is 5.69 Å². The van der Waals surface area contributed by atoms with E-state index >= 15 is 0 Å². The van der Waals surface area contributed by atoms with E-state index in [-0.39, 0.29) is 5.97 Å². The Hall–Kier alpha value is -2.46. The zero-order valence-electron chi connectivity index (χ0n) is 11.4. The predicted octanol–water partition coefficient (Wildman–Crippen LogP) is 4.40. The van der Waals surface area contributed by atoms with E-state index in [0.717, 1.165) is 21.7 Å². The molecule has 104 valence electrons. The molecule has 0 fully saturated rings. The van der Waals surface area contributed by atoms with Crippen molar-refractivity contribution < 1.29 is 9.53 Å². The van der Waals surface area contributed by atoms with Gasteiger partial charge in [-0.25, -0.2) is 0 Å². The smallest absolute Gasteiger partial charge is 0.308 e. The van der Waals surface area contributed by atoms with Crippen LogP contribution in [-0.4, -0.2) is 11.0 Å². The summed E-state index contributed by atoms with van der Waals surface area (Å²) in [6, 6.07) is 15.8. The Morgan fingerprint density at radius 3 is 2.57 bits per heavy atom. The summed E-state index contributed by atoms with van der Waals surface area (Å²) in [5, 5.41) is 1.84. The monoisotopic (exact) mass is 295 g/mol. The molecule has 0 aliphatic heterocycles. The van der Waals surface area contributed by atoms with Crippen LogP contribution in [0.4, 0.5) is 0 Å². The first-order valence-corrected chi connectivity index (χ1v) is 7.40. The van der Waals surface area contributed by atoms with Crippen LogP contribution in [-0.2, 0) is 4.79 Å². The van der Waals surface area contributed by atoms with Crippen molar-refractivity contribution in [3.63, 3.8) is 0 Å². The number of aromatic nitrogens is 1. The Labute approximate surface area is 126 Å². The zero-order valence-corrected chi connectivity index (χ0v) is 12.3. The van der Waals surface area contributed by atoms with Crippen molar-refractivity contribution in [3.8, 4) is 27.4 Å². The molecule has 0 bridgehead atoms. The van der Waals surface area contributed by atoms with Gasteiger partial charge in [-0.2, -0.15) is 0 Å². The van der Waals surface area contributed by atoms with Crippen LogP contribution in [0.5, 0.6) is 5.75 Å². The molecule has 0 aliphatic rings. The highest BCUT2D eigenvalue weighted by atomic mass is 32.1. The van der Waals surface area contributed by atoms with Crippen molar-refractivity contribution in [3.05, 3.63) is 60.1 Å². The summed E-state index contributed by atoms with van der Waals surface area (Å²) in [5.74, 6) is 0.274. The summed E-state index contributed by atoms with van der Waals surface area (Å²) in [4.78, 5) is 16.5. The molecule has 2 heterocycles. The van der Waals surface area contributed by atoms with Crippen LogP contribution in [0.15, 0.2) is 60.1 Å². The Balaban J connectivity index is 2.03. The van der Waals surface area contributed by atoms with Crippen LogP contribution >= 0.6 is 11.3 Å². The average molecular weight is 295 g/mol. The molecule has 0 amide bonds. The summed E-state index contributed by atoms with van der Waals surface area (Å²) in [7, 11) is 0. The quantitative estimate of drug-likeness (QED) is 0.672. The molecule has 0 saturated heterocycles. The standard InChI is InChI=1S/C17H13NO2S/c1-12(19)20-13-10-17(21-11-13)15-7-3-2-6-14(15)16-8-4-5-9-18-16/h2-11H,1H3. The van der Waals surface area contributed by atoms with Gasteiger partial charge in [0.25, 0.3) is 0 Å². The number of benzene rings is 1. The minimum atomic E-state index is -0.308. The number of pyridine rings is 1. The van der Waals surface area contributed by atoms with E-state index in [4.69, 9.17) is 4.74 Å². The molecule has 21 heavy (non-hydrogen) atoms. The van der Waals surface area contributed by atoms with Crippen molar-refractivity contribution in [2.24, 2.45) is 0 Å². The highest BCUT2D eigenvalue weighted by Gasteiger charge is 2.11. The molecule has 3 aromatic rings. The molecule has 1 aromatic carbocycles. The van der Waals surface area contributed by atoms with Crippen molar-refractivity contribution >= 4 is 17.3 Å². The van der Waals surface area contributed by atoms with Gasteiger partial charge in [-0.15, -0.1) is 11.3 Å². The second kappa shape index (κ2) is 5.89. The SMILES string of the molecule is CC(=O)Oc1csc(-c2ccccc2-c2ccccn2)c1. The first-order chi connectivity index (χ1) is 10.2. The number of thiophene rings is 1. The largest absolute Gasteiger partial charge is 0.426 e. The van der Waals surface area contributed by atoms with E-state index < -0.39 is 0 Å². The van der Waals surface area contributed by atoms with Crippen LogP contribution in [0.3, 0.4) is 0 Å². The Morgan fingerprint density at radius 1 is 1.10 bits per heavy atom. The van der Waals surface area contributed by atoms with Crippen LogP contribution < -0.4 is 4.74 Å². The number of nitrogens with zero attached hydrogens (tertiary/aromatic N) is 1. The molecule has 3 rings (SSSR count). The highest BCUT2D eigenvalue weighted by Crippen LogP contribution is 2.36. The lowest BCUT2D eigenvalue weighted by Gasteiger charge is -2.06. The van der Waals surface area contributed by atoms with E-state index in [1.54, 1.807) is 17.5 Å². The van der Waals surface area contributed by atoms with Gasteiger partial charge in [0.1, 0.15) is 5.75 Å². The average Bonchev–Trinajstić information content (AvgIpc) is 2.96. The Kier molecular flexibility index (Phi) is 3.79. The Bertz CT molecular complexity index is 765. The van der Waals surface area contributed by atoms with E-state index in [9.17, 15) is 4.79 Å². The maximum absolute atomic E-state index is 11.0. The second-order valence-electron chi connectivity index (χ2n) is 4.50. The van der Waals surface area contributed by atoms with Gasteiger partial charge in [-0.1, -0.05) is 30.3 Å². The first-order valence-electron chi connectivity index (χ1n) is 6.52. The molecule has 0 aliphatic carbocycles. The van der Waals surface area contributed by atoms with E-state index in [2.05, 4.69) is 4.98 Å². The zero-order chi connectivity index (χ0) is 14.7. The van der Waals surface area contributed by atoms with Crippen LogP contribution in [0.1, 0.15) is 6.92 Å². The number of carbonyl (C=O) groups excluding carboxylic acids is 1. The van der Waals surface area contributed by atoms with Crippen molar-refractivity contribution in [2.45, 2.75) is 6.92 Å². The van der Waals surface area contributed by atoms with Crippen LogP contribution in [0, 0.1) is 0 Å². The van der Waals surface area contributed by atoms with Crippen LogP contribution in [0.2, 0.25) is 0 Å². The van der Waals surface area contributed by atoms with Gasteiger partial charge in [-0.3, -0.25) is 9.78 Å². The maximum atomic E-state index is 11.0. The summed E-state index contributed by atoms with van der Waals surface area (Å²) in [5.41, 5.74) is 3.07. The van der Waals surface area contributed by atoms with Crippen molar-refractivity contribution in [2.75, 3.05) is 0 Å². The summed E-state index contributed by atoms with van der Waals surface area (Å²) < 4.78 is 5.12. The molecule has 0 N–H and O–H groups in total. The molecule has 0 atom stereocenters. The van der Waals surface area contributed by atoms with Gasteiger partial charge >= 0.3 is 5.97 Å². The fourth-order valence-electron chi connectivity index (χ4n) is 2.12. The van der Waals surface area contributed by atoms with E-state index in [1.165, 1.54) is 6.92 Å². The van der Waals surface area contributed by atoms with E-state index in [0.29, 0.717) is 5.75 Å². The minimum absolute atomic E-state index is 0.308. The molecule has 3 nitrogen and oxygen atoms in total. The lowest BCUT2D eigenvalue weighted by molar-refractivity contribution is -0.131. The molecular formula is C17H13NO2S. The molecule has 4 heteroatoms. The molecular weight excluding hydrogens is 282 g/mol. The predicted molar refractivity (Wildman–Crippen MR) is 84.3 cm³/mol. The number of rotatable bonds is 3. The fourth-order valence-corrected chi connectivity index (χ4v) is 2.97. The fraction of sp³-hybridized carbons (Fsp3) is 0.0588. The normalized spacial score (nSPS) is 10.3. The van der Waals surface area contributed by atoms with Gasteiger partial charge < -0.3 is 4.74 Å². The summed E-state index contributed by atoms with van der Waals surface area (Å²) in [6.45, 7) is 1.40. The Morgan fingerprint density at radius 2 is 1.86 bits per heavy atom. The third kappa shape index (κ3) is 3.01. The molecule has 0 saturated carbocycles. The summed E-state index contributed by atoms with van der Waals surface area (Å²) >= 11 is 1.55. The molecule has 2 aromatic heterocycles. The molecule has 0 spiro atoms. The van der Waals surface area contributed by atoms with Gasteiger partial charge in [0.15, 0.2) is 0 Å². The van der Waals surface area contributed by atoms with Crippen molar-refractivity contribution in [1.29, 1.82) is 0 Å². The third-order valence-electron chi connectivity index (χ3n) is 2.97. The topological polar surface area (TPSA) is 39.2 Å². The van der Waals surface area contributed by atoms with Gasteiger partial charge in [0.2, 0.25) is 0 Å². The minimum Gasteiger partial charge on any atom is -0.426 e. The highest BCUT2D eigenvalue weighted by molar-refractivity contribution is 7.13. The number of esters is 1. The lowest BCUT2D eigenvalue weighted by Crippen LogP contribution is -1.99. The number of hydrogen-bond acceptors (Lipinski definition) is 4.